The molecule has 1 fully saturated rings. The average molecular weight is 307 g/mol. The lowest BCUT2D eigenvalue weighted by atomic mass is 9.89. The zero-order chi connectivity index (χ0) is 16.2. The Balaban J connectivity index is 1.82. The summed E-state index contributed by atoms with van der Waals surface area (Å²) in [6.45, 7) is 9.04. The van der Waals surface area contributed by atoms with E-state index in [4.69, 9.17) is 4.52 Å². The summed E-state index contributed by atoms with van der Waals surface area (Å²) < 4.78 is 5.16. The van der Waals surface area contributed by atoms with Crippen molar-refractivity contribution < 1.29 is 9.32 Å². The topological polar surface area (TPSA) is 67.2 Å². The molecule has 0 radical (unpaired) electrons. The van der Waals surface area contributed by atoms with Gasteiger partial charge in [0.15, 0.2) is 0 Å². The fourth-order valence-corrected chi connectivity index (χ4v) is 2.99. The lowest BCUT2D eigenvalue weighted by Crippen LogP contribution is -2.53. The Bertz CT molecular complexity index is 483. The van der Waals surface area contributed by atoms with Gasteiger partial charge >= 0.3 is 0 Å². The first-order chi connectivity index (χ1) is 10.4. The number of hydrogen-bond acceptors (Lipinski definition) is 4. The van der Waals surface area contributed by atoms with Crippen molar-refractivity contribution in [3.63, 3.8) is 0 Å². The molecule has 5 nitrogen and oxygen atoms in total. The van der Waals surface area contributed by atoms with Gasteiger partial charge in [0.2, 0.25) is 5.91 Å². The van der Waals surface area contributed by atoms with E-state index in [0.29, 0.717) is 12.5 Å². The highest BCUT2D eigenvalue weighted by molar-refractivity contribution is 5.85. The summed E-state index contributed by atoms with van der Waals surface area (Å²) >= 11 is 0. The number of amides is 1. The van der Waals surface area contributed by atoms with Crippen LogP contribution in [-0.2, 0) is 11.3 Å². The van der Waals surface area contributed by atoms with E-state index < -0.39 is 5.54 Å². The Hall–Kier alpha value is -1.36. The molecule has 0 aliphatic heterocycles. The van der Waals surface area contributed by atoms with Crippen LogP contribution in [0.2, 0.25) is 0 Å². The van der Waals surface area contributed by atoms with Crippen molar-refractivity contribution >= 4 is 5.91 Å². The molecule has 22 heavy (non-hydrogen) atoms. The summed E-state index contributed by atoms with van der Waals surface area (Å²) in [6, 6.07) is 0. The minimum atomic E-state index is -0.606. The summed E-state index contributed by atoms with van der Waals surface area (Å²) in [6.07, 6.45) is 6.43. The van der Waals surface area contributed by atoms with Crippen LogP contribution in [-0.4, -0.2) is 23.1 Å². The van der Waals surface area contributed by atoms with Gasteiger partial charge in [0.25, 0.3) is 0 Å². The van der Waals surface area contributed by atoms with Crippen LogP contribution in [0.15, 0.2) is 4.52 Å². The summed E-state index contributed by atoms with van der Waals surface area (Å²) in [5.74, 6) is 1.52. The highest BCUT2D eigenvalue weighted by Gasteiger charge is 2.28. The fraction of sp³-hybridized carbons (Fsp3) is 0.765. The van der Waals surface area contributed by atoms with Crippen molar-refractivity contribution in [1.82, 2.24) is 15.8 Å². The van der Waals surface area contributed by atoms with E-state index in [-0.39, 0.29) is 5.91 Å². The first-order valence-corrected chi connectivity index (χ1v) is 8.35. The minimum absolute atomic E-state index is 0.0600. The molecule has 1 amide bonds. The maximum Gasteiger partial charge on any atom is 0.239 e. The molecule has 1 aromatic heterocycles. The van der Waals surface area contributed by atoms with E-state index in [0.717, 1.165) is 23.6 Å². The number of hydrogen-bond donors (Lipinski definition) is 2. The third kappa shape index (κ3) is 4.32. The molecule has 124 valence electrons. The number of carbonyl (C=O) groups is 1. The molecule has 0 aromatic carbocycles. The Morgan fingerprint density at radius 1 is 1.27 bits per heavy atom. The second kappa shape index (κ2) is 7.27. The number of carbonyl (C=O) groups excluding carboxylic acids is 1. The monoisotopic (exact) mass is 307 g/mol. The molecule has 2 N–H and O–H groups in total. The number of aromatic nitrogens is 1. The van der Waals surface area contributed by atoms with Gasteiger partial charge < -0.3 is 9.84 Å². The normalized spacial score (nSPS) is 16.7. The van der Waals surface area contributed by atoms with Gasteiger partial charge in [0, 0.05) is 18.7 Å². The van der Waals surface area contributed by atoms with E-state index in [1.165, 1.54) is 32.1 Å². The number of rotatable bonds is 6. The molecule has 1 heterocycles. The summed E-state index contributed by atoms with van der Waals surface area (Å²) in [7, 11) is 0. The predicted molar refractivity (Wildman–Crippen MR) is 86.5 cm³/mol. The van der Waals surface area contributed by atoms with Crippen molar-refractivity contribution in [2.75, 3.05) is 6.54 Å². The average Bonchev–Trinajstić information content (AvgIpc) is 2.82. The van der Waals surface area contributed by atoms with Gasteiger partial charge in [0.05, 0.1) is 11.2 Å². The van der Waals surface area contributed by atoms with Gasteiger partial charge in [-0.05, 0) is 46.5 Å². The van der Waals surface area contributed by atoms with Crippen molar-refractivity contribution in [1.29, 1.82) is 0 Å². The standard InChI is InChI=1S/C17H29N3O2/c1-12-15(13(2)22-20-12)11-19-17(3,4)16(21)18-10-14-8-6-5-7-9-14/h14,19H,5-11H2,1-4H3,(H,18,21). The molecule has 0 bridgehead atoms. The summed E-state index contributed by atoms with van der Waals surface area (Å²) in [4.78, 5) is 12.4. The van der Waals surface area contributed by atoms with E-state index in [1.807, 2.05) is 27.7 Å². The molecule has 1 aromatic rings. The van der Waals surface area contributed by atoms with Gasteiger partial charge in [0.1, 0.15) is 5.76 Å². The van der Waals surface area contributed by atoms with Crippen LogP contribution in [0.5, 0.6) is 0 Å². The van der Waals surface area contributed by atoms with Crippen LogP contribution in [0.25, 0.3) is 0 Å². The largest absolute Gasteiger partial charge is 0.361 e. The van der Waals surface area contributed by atoms with Crippen LogP contribution in [0.1, 0.15) is 63.0 Å². The van der Waals surface area contributed by atoms with Crippen molar-refractivity contribution in [2.45, 2.75) is 71.9 Å². The van der Waals surface area contributed by atoms with E-state index in [2.05, 4.69) is 15.8 Å². The summed E-state index contributed by atoms with van der Waals surface area (Å²) in [5, 5.41) is 10.4. The molecular formula is C17H29N3O2. The van der Waals surface area contributed by atoms with Crippen molar-refractivity contribution in [3.05, 3.63) is 17.0 Å². The maximum absolute atomic E-state index is 12.4. The lowest BCUT2D eigenvalue weighted by molar-refractivity contribution is -0.126. The zero-order valence-corrected chi connectivity index (χ0v) is 14.3. The molecule has 0 spiro atoms. The molecule has 5 heteroatoms. The smallest absolute Gasteiger partial charge is 0.239 e. The molecule has 2 rings (SSSR count). The van der Waals surface area contributed by atoms with Crippen molar-refractivity contribution in [3.8, 4) is 0 Å². The van der Waals surface area contributed by atoms with E-state index in [1.54, 1.807) is 0 Å². The van der Waals surface area contributed by atoms with Crippen LogP contribution in [0, 0.1) is 19.8 Å². The fourth-order valence-electron chi connectivity index (χ4n) is 2.99. The third-order valence-electron chi connectivity index (χ3n) is 4.73. The van der Waals surface area contributed by atoms with Crippen LogP contribution >= 0.6 is 0 Å². The zero-order valence-electron chi connectivity index (χ0n) is 14.3. The highest BCUT2D eigenvalue weighted by Crippen LogP contribution is 2.23. The SMILES string of the molecule is Cc1noc(C)c1CNC(C)(C)C(=O)NCC1CCCCC1. The van der Waals surface area contributed by atoms with Gasteiger partial charge in [-0.1, -0.05) is 24.4 Å². The molecule has 1 aliphatic carbocycles. The second-order valence-corrected chi connectivity index (χ2v) is 7.00. The molecule has 0 saturated heterocycles. The molecule has 0 unspecified atom stereocenters. The van der Waals surface area contributed by atoms with Gasteiger partial charge in [-0.2, -0.15) is 0 Å². The Labute approximate surface area is 133 Å². The van der Waals surface area contributed by atoms with Crippen molar-refractivity contribution in [2.24, 2.45) is 5.92 Å². The Morgan fingerprint density at radius 3 is 2.55 bits per heavy atom. The van der Waals surface area contributed by atoms with Gasteiger partial charge in [-0.3, -0.25) is 10.1 Å². The maximum atomic E-state index is 12.4. The van der Waals surface area contributed by atoms with E-state index >= 15 is 0 Å². The first-order valence-electron chi connectivity index (χ1n) is 8.35. The van der Waals surface area contributed by atoms with Crippen LogP contribution < -0.4 is 10.6 Å². The Kier molecular flexibility index (Phi) is 5.62. The first kappa shape index (κ1) is 17.0. The van der Waals surface area contributed by atoms with E-state index in [9.17, 15) is 4.79 Å². The molecular weight excluding hydrogens is 278 g/mol. The minimum Gasteiger partial charge on any atom is -0.361 e. The van der Waals surface area contributed by atoms with Crippen LogP contribution in [0.3, 0.4) is 0 Å². The third-order valence-corrected chi connectivity index (χ3v) is 4.73. The molecule has 0 atom stereocenters. The second-order valence-electron chi connectivity index (χ2n) is 7.00. The quantitative estimate of drug-likeness (QED) is 0.848. The predicted octanol–water partition coefficient (Wildman–Crippen LogP) is 2.86. The van der Waals surface area contributed by atoms with Crippen LogP contribution in [0.4, 0.5) is 0 Å². The molecule has 1 aliphatic rings. The summed E-state index contributed by atoms with van der Waals surface area (Å²) in [5.41, 5.74) is 1.31. The van der Waals surface area contributed by atoms with Gasteiger partial charge in [-0.25, -0.2) is 0 Å². The highest BCUT2D eigenvalue weighted by atomic mass is 16.5. The number of nitrogens with one attached hydrogen (secondary N) is 2. The number of nitrogens with zero attached hydrogens (tertiary/aromatic N) is 1. The number of aryl methyl sites for hydroxylation is 2. The molecule has 1 saturated carbocycles. The van der Waals surface area contributed by atoms with Gasteiger partial charge in [-0.15, -0.1) is 0 Å². The lowest BCUT2D eigenvalue weighted by Gasteiger charge is -2.28. The Morgan fingerprint density at radius 2 is 1.95 bits per heavy atom.